The average molecular weight is 278 g/mol. The van der Waals surface area contributed by atoms with Crippen LogP contribution in [0.3, 0.4) is 0 Å². The molecule has 0 fully saturated rings. The Morgan fingerprint density at radius 2 is 1.84 bits per heavy atom. The summed E-state index contributed by atoms with van der Waals surface area (Å²) in [4.78, 5) is 11.3. The molecule has 0 heterocycles. The molecule has 2 aromatic carbocycles. The fourth-order valence-electron chi connectivity index (χ4n) is 1.60. The standard InChI is InChI=1S/C14H12ClNO3/c1-18-13-8-9(15)6-7-12(13)19-11-5-3-2-4-10(11)14(16)17/h2-8H,1H3,(H2,16,17). The van der Waals surface area contributed by atoms with Crippen molar-refractivity contribution in [2.75, 3.05) is 7.11 Å². The molecule has 98 valence electrons. The predicted molar refractivity (Wildman–Crippen MR) is 73.0 cm³/mol. The normalized spacial score (nSPS) is 10.0. The summed E-state index contributed by atoms with van der Waals surface area (Å²) in [5, 5.41) is 0.535. The molecular weight excluding hydrogens is 266 g/mol. The third-order valence-corrected chi connectivity index (χ3v) is 2.73. The highest BCUT2D eigenvalue weighted by atomic mass is 35.5. The number of halogens is 1. The summed E-state index contributed by atoms with van der Waals surface area (Å²) in [5.41, 5.74) is 5.60. The number of rotatable bonds is 4. The molecule has 2 N–H and O–H groups in total. The first-order valence-corrected chi connectivity index (χ1v) is 5.90. The molecule has 0 aliphatic heterocycles. The zero-order valence-electron chi connectivity index (χ0n) is 10.2. The molecule has 0 aromatic heterocycles. The quantitative estimate of drug-likeness (QED) is 0.933. The lowest BCUT2D eigenvalue weighted by atomic mass is 10.2. The van der Waals surface area contributed by atoms with Crippen molar-refractivity contribution in [2.45, 2.75) is 0 Å². The number of benzene rings is 2. The molecular formula is C14H12ClNO3. The van der Waals surface area contributed by atoms with Crippen LogP contribution >= 0.6 is 11.6 Å². The number of carbonyl (C=O) groups excluding carboxylic acids is 1. The highest BCUT2D eigenvalue weighted by Gasteiger charge is 2.12. The topological polar surface area (TPSA) is 61.6 Å². The summed E-state index contributed by atoms with van der Waals surface area (Å²) in [7, 11) is 1.51. The second-order valence-electron chi connectivity index (χ2n) is 3.76. The maximum absolute atomic E-state index is 11.3. The van der Waals surface area contributed by atoms with E-state index in [4.69, 9.17) is 26.8 Å². The van der Waals surface area contributed by atoms with Gasteiger partial charge in [0, 0.05) is 11.1 Å². The summed E-state index contributed by atoms with van der Waals surface area (Å²) in [6.45, 7) is 0. The van der Waals surface area contributed by atoms with Gasteiger partial charge in [0.1, 0.15) is 5.75 Å². The SMILES string of the molecule is COc1cc(Cl)ccc1Oc1ccccc1C(N)=O. The lowest BCUT2D eigenvalue weighted by Gasteiger charge is -2.12. The minimum atomic E-state index is -0.552. The van der Waals surface area contributed by atoms with Crippen LogP contribution in [0, 0.1) is 0 Å². The van der Waals surface area contributed by atoms with E-state index in [0.717, 1.165) is 0 Å². The van der Waals surface area contributed by atoms with Crippen LogP contribution in [0.15, 0.2) is 42.5 Å². The number of hydrogen-bond donors (Lipinski definition) is 1. The number of methoxy groups -OCH3 is 1. The molecule has 19 heavy (non-hydrogen) atoms. The van der Waals surface area contributed by atoms with Crippen molar-refractivity contribution in [1.29, 1.82) is 0 Å². The Morgan fingerprint density at radius 3 is 2.53 bits per heavy atom. The number of amides is 1. The van der Waals surface area contributed by atoms with E-state index in [9.17, 15) is 4.79 Å². The van der Waals surface area contributed by atoms with Crippen molar-refractivity contribution in [2.24, 2.45) is 5.73 Å². The molecule has 0 saturated carbocycles. The smallest absolute Gasteiger partial charge is 0.252 e. The van der Waals surface area contributed by atoms with Crippen molar-refractivity contribution < 1.29 is 14.3 Å². The molecule has 5 heteroatoms. The molecule has 0 saturated heterocycles. The van der Waals surface area contributed by atoms with Gasteiger partial charge in [0.05, 0.1) is 12.7 Å². The minimum Gasteiger partial charge on any atom is -0.493 e. The van der Waals surface area contributed by atoms with E-state index >= 15 is 0 Å². The summed E-state index contributed by atoms with van der Waals surface area (Å²) in [5.74, 6) is 0.756. The van der Waals surface area contributed by atoms with Crippen LogP contribution in [0.2, 0.25) is 5.02 Å². The monoisotopic (exact) mass is 277 g/mol. The molecule has 0 bridgehead atoms. The molecule has 0 radical (unpaired) electrons. The van der Waals surface area contributed by atoms with E-state index in [2.05, 4.69) is 0 Å². The number of nitrogens with two attached hydrogens (primary N) is 1. The summed E-state index contributed by atoms with van der Waals surface area (Å²) >= 11 is 5.87. The lowest BCUT2D eigenvalue weighted by molar-refractivity contribution is 0.0998. The average Bonchev–Trinajstić information content (AvgIpc) is 2.41. The fourth-order valence-corrected chi connectivity index (χ4v) is 1.77. The predicted octanol–water partition coefficient (Wildman–Crippen LogP) is 3.24. The Kier molecular flexibility index (Phi) is 3.92. The van der Waals surface area contributed by atoms with Gasteiger partial charge < -0.3 is 15.2 Å². The van der Waals surface area contributed by atoms with Gasteiger partial charge in [0.2, 0.25) is 0 Å². The number of hydrogen-bond acceptors (Lipinski definition) is 3. The van der Waals surface area contributed by atoms with Gasteiger partial charge in [-0.25, -0.2) is 0 Å². The van der Waals surface area contributed by atoms with Crippen LogP contribution in [-0.4, -0.2) is 13.0 Å². The third kappa shape index (κ3) is 2.98. The van der Waals surface area contributed by atoms with Gasteiger partial charge in [0.15, 0.2) is 11.5 Å². The summed E-state index contributed by atoms with van der Waals surface area (Å²) in [6, 6.07) is 11.7. The Labute approximate surface area is 115 Å². The number of para-hydroxylation sites is 1. The molecule has 0 unspecified atom stereocenters. The molecule has 2 aromatic rings. The van der Waals surface area contributed by atoms with E-state index < -0.39 is 5.91 Å². The molecule has 0 spiro atoms. The maximum atomic E-state index is 11.3. The zero-order chi connectivity index (χ0) is 13.8. The van der Waals surface area contributed by atoms with Crippen LogP contribution in [-0.2, 0) is 0 Å². The van der Waals surface area contributed by atoms with Crippen molar-refractivity contribution in [3.8, 4) is 17.2 Å². The number of carbonyl (C=O) groups is 1. The van der Waals surface area contributed by atoms with Gasteiger partial charge in [-0.1, -0.05) is 23.7 Å². The zero-order valence-corrected chi connectivity index (χ0v) is 11.0. The van der Waals surface area contributed by atoms with Gasteiger partial charge >= 0.3 is 0 Å². The molecule has 1 amide bonds. The molecule has 2 rings (SSSR count). The first kappa shape index (κ1) is 13.2. The number of primary amides is 1. The summed E-state index contributed by atoms with van der Waals surface area (Å²) in [6.07, 6.45) is 0. The van der Waals surface area contributed by atoms with Crippen LogP contribution in [0.25, 0.3) is 0 Å². The van der Waals surface area contributed by atoms with Gasteiger partial charge in [0.25, 0.3) is 5.91 Å². The van der Waals surface area contributed by atoms with Crippen molar-refractivity contribution in [1.82, 2.24) is 0 Å². The Hall–Kier alpha value is -2.20. The Balaban J connectivity index is 2.39. The molecule has 0 aliphatic carbocycles. The van der Waals surface area contributed by atoms with E-state index in [-0.39, 0.29) is 0 Å². The van der Waals surface area contributed by atoms with Gasteiger partial charge in [-0.05, 0) is 24.3 Å². The van der Waals surface area contributed by atoms with E-state index in [0.29, 0.717) is 27.8 Å². The molecule has 0 atom stereocenters. The highest BCUT2D eigenvalue weighted by Crippen LogP contribution is 2.34. The highest BCUT2D eigenvalue weighted by molar-refractivity contribution is 6.30. The Bertz CT molecular complexity index is 613. The second kappa shape index (κ2) is 5.63. The maximum Gasteiger partial charge on any atom is 0.252 e. The second-order valence-corrected chi connectivity index (χ2v) is 4.19. The van der Waals surface area contributed by atoms with Crippen molar-refractivity contribution in [3.63, 3.8) is 0 Å². The van der Waals surface area contributed by atoms with Gasteiger partial charge in [-0.2, -0.15) is 0 Å². The first-order valence-electron chi connectivity index (χ1n) is 5.52. The number of ether oxygens (including phenoxy) is 2. The largest absolute Gasteiger partial charge is 0.493 e. The van der Waals surface area contributed by atoms with Gasteiger partial charge in [-0.3, -0.25) is 4.79 Å². The van der Waals surface area contributed by atoms with Crippen LogP contribution in [0.5, 0.6) is 17.2 Å². The summed E-state index contributed by atoms with van der Waals surface area (Å²) < 4.78 is 10.8. The van der Waals surface area contributed by atoms with Crippen molar-refractivity contribution >= 4 is 17.5 Å². The third-order valence-electron chi connectivity index (χ3n) is 2.50. The fraction of sp³-hybridized carbons (Fsp3) is 0.0714. The molecule has 0 aliphatic rings. The van der Waals surface area contributed by atoms with E-state index in [1.54, 1.807) is 42.5 Å². The van der Waals surface area contributed by atoms with E-state index in [1.165, 1.54) is 7.11 Å². The molecule has 4 nitrogen and oxygen atoms in total. The lowest BCUT2D eigenvalue weighted by Crippen LogP contribution is -2.12. The first-order chi connectivity index (χ1) is 9.11. The Morgan fingerprint density at radius 1 is 1.11 bits per heavy atom. The van der Waals surface area contributed by atoms with Gasteiger partial charge in [-0.15, -0.1) is 0 Å². The minimum absolute atomic E-state index is 0.305. The van der Waals surface area contributed by atoms with Crippen LogP contribution < -0.4 is 15.2 Å². The van der Waals surface area contributed by atoms with Crippen molar-refractivity contribution in [3.05, 3.63) is 53.1 Å². The van der Waals surface area contributed by atoms with E-state index in [1.807, 2.05) is 0 Å². The van der Waals surface area contributed by atoms with Crippen LogP contribution in [0.4, 0.5) is 0 Å². The van der Waals surface area contributed by atoms with Crippen LogP contribution in [0.1, 0.15) is 10.4 Å².